The minimum absolute atomic E-state index is 0.0753. The smallest absolute Gasteiger partial charge is 0.153 e. The van der Waals surface area contributed by atoms with Gasteiger partial charge >= 0.3 is 0 Å². The van der Waals surface area contributed by atoms with Crippen LogP contribution in [-0.4, -0.2) is 10.2 Å². The molecule has 0 spiro atoms. The standard InChI is InChI=1S/C19H11Cl5O3/c20-12-4-9(3-10-5-13(21)18(25)14(22)6-10)1-2-17(12)27-11-7-15(23)19(26)16(24)8-11/h1-2,4-8,25-26H,3H2. The lowest BCUT2D eigenvalue weighted by Gasteiger charge is -2.11. The third kappa shape index (κ3) is 4.68. The molecule has 3 nitrogen and oxygen atoms in total. The second-order valence-corrected chi connectivity index (χ2v) is 7.72. The van der Waals surface area contributed by atoms with Crippen molar-refractivity contribution >= 4 is 58.0 Å². The molecule has 0 aromatic heterocycles. The Bertz CT molecular complexity index is 974. The Labute approximate surface area is 180 Å². The first kappa shape index (κ1) is 20.2. The van der Waals surface area contributed by atoms with E-state index in [-0.39, 0.29) is 31.6 Å². The van der Waals surface area contributed by atoms with Gasteiger partial charge in [0.2, 0.25) is 0 Å². The van der Waals surface area contributed by atoms with Gasteiger partial charge in [-0.25, -0.2) is 0 Å². The van der Waals surface area contributed by atoms with Crippen LogP contribution < -0.4 is 4.74 Å². The van der Waals surface area contributed by atoms with E-state index < -0.39 is 0 Å². The van der Waals surface area contributed by atoms with Crippen molar-refractivity contribution in [2.75, 3.05) is 0 Å². The van der Waals surface area contributed by atoms with Crippen molar-refractivity contribution in [3.8, 4) is 23.0 Å². The number of halogens is 5. The monoisotopic (exact) mass is 462 g/mol. The Hall–Kier alpha value is -1.49. The molecule has 0 heterocycles. The van der Waals surface area contributed by atoms with Gasteiger partial charge < -0.3 is 14.9 Å². The van der Waals surface area contributed by atoms with Gasteiger partial charge in [0, 0.05) is 12.1 Å². The highest BCUT2D eigenvalue weighted by molar-refractivity contribution is 6.37. The summed E-state index contributed by atoms with van der Waals surface area (Å²) in [5.74, 6) is 0.392. The third-order valence-corrected chi connectivity index (χ3v) is 5.15. The van der Waals surface area contributed by atoms with Gasteiger partial charge in [0.05, 0.1) is 25.1 Å². The Balaban J connectivity index is 1.82. The van der Waals surface area contributed by atoms with Gasteiger partial charge in [-0.3, -0.25) is 0 Å². The Morgan fingerprint density at radius 1 is 0.630 bits per heavy atom. The predicted molar refractivity (Wildman–Crippen MR) is 111 cm³/mol. The van der Waals surface area contributed by atoms with Crippen molar-refractivity contribution in [2.24, 2.45) is 0 Å². The summed E-state index contributed by atoms with van der Waals surface area (Å²) in [7, 11) is 0. The summed E-state index contributed by atoms with van der Waals surface area (Å²) in [4.78, 5) is 0. The molecule has 8 heteroatoms. The molecule has 2 N–H and O–H groups in total. The number of rotatable bonds is 4. The van der Waals surface area contributed by atoms with Crippen LogP contribution in [0.4, 0.5) is 0 Å². The summed E-state index contributed by atoms with van der Waals surface area (Å²) >= 11 is 30.0. The maximum Gasteiger partial charge on any atom is 0.153 e. The molecule has 27 heavy (non-hydrogen) atoms. The first-order valence-electron chi connectivity index (χ1n) is 7.55. The minimum Gasteiger partial charge on any atom is -0.505 e. The number of ether oxygens (including phenoxy) is 1. The first-order valence-corrected chi connectivity index (χ1v) is 9.44. The fourth-order valence-corrected chi connectivity index (χ4v) is 3.66. The second kappa shape index (κ2) is 8.26. The molecule has 3 aromatic rings. The fourth-order valence-electron chi connectivity index (χ4n) is 2.42. The maximum atomic E-state index is 9.64. The first-order chi connectivity index (χ1) is 12.7. The SMILES string of the molecule is Oc1c(Cl)cc(Cc2ccc(Oc3cc(Cl)c(O)c(Cl)c3)c(Cl)c2)cc1Cl. The van der Waals surface area contributed by atoms with Crippen LogP contribution in [-0.2, 0) is 6.42 Å². The highest BCUT2D eigenvalue weighted by atomic mass is 35.5. The number of phenolic OH excluding ortho intramolecular Hbond substituents is 2. The van der Waals surface area contributed by atoms with Crippen molar-refractivity contribution in [3.05, 3.63) is 78.7 Å². The summed E-state index contributed by atoms with van der Waals surface area (Å²) in [5.41, 5.74) is 1.72. The number of aromatic hydroxyl groups is 2. The average molecular weight is 465 g/mol. The van der Waals surface area contributed by atoms with Crippen molar-refractivity contribution in [2.45, 2.75) is 6.42 Å². The number of benzene rings is 3. The lowest BCUT2D eigenvalue weighted by Crippen LogP contribution is -1.91. The minimum atomic E-state index is -0.210. The Kier molecular flexibility index (Phi) is 6.19. The van der Waals surface area contributed by atoms with Gasteiger partial charge in [0.1, 0.15) is 11.5 Å². The van der Waals surface area contributed by atoms with Crippen LogP contribution in [0.15, 0.2) is 42.5 Å². The van der Waals surface area contributed by atoms with Crippen LogP contribution in [0.25, 0.3) is 0 Å². The molecule has 0 atom stereocenters. The summed E-state index contributed by atoms with van der Waals surface area (Å²) in [6.07, 6.45) is 0.511. The average Bonchev–Trinajstić information content (AvgIpc) is 2.60. The highest BCUT2D eigenvalue weighted by Gasteiger charge is 2.12. The Morgan fingerprint density at radius 2 is 1.11 bits per heavy atom. The van der Waals surface area contributed by atoms with Gasteiger partial charge in [0.25, 0.3) is 0 Å². The Morgan fingerprint density at radius 3 is 1.63 bits per heavy atom. The van der Waals surface area contributed by atoms with Crippen LogP contribution in [0, 0.1) is 0 Å². The zero-order valence-electron chi connectivity index (χ0n) is 13.4. The molecule has 140 valence electrons. The van der Waals surface area contributed by atoms with Crippen molar-refractivity contribution in [1.29, 1.82) is 0 Å². The molecule has 0 aliphatic rings. The number of hydrogen-bond donors (Lipinski definition) is 2. The lowest BCUT2D eigenvalue weighted by molar-refractivity contribution is 0.465. The van der Waals surface area contributed by atoms with Crippen LogP contribution in [0.5, 0.6) is 23.0 Å². The largest absolute Gasteiger partial charge is 0.505 e. The van der Waals surface area contributed by atoms with E-state index in [4.69, 9.17) is 62.7 Å². The lowest BCUT2D eigenvalue weighted by atomic mass is 10.0. The molecule has 3 rings (SSSR count). The molecular formula is C19H11Cl5O3. The van der Waals surface area contributed by atoms with Gasteiger partial charge in [0.15, 0.2) is 11.5 Å². The quantitative estimate of drug-likeness (QED) is 0.415. The van der Waals surface area contributed by atoms with Crippen molar-refractivity contribution in [1.82, 2.24) is 0 Å². The molecule has 0 unspecified atom stereocenters. The summed E-state index contributed by atoms with van der Waals surface area (Å²) in [6, 6.07) is 11.4. The summed E-state index contributed by atoms with van der Waals surface area (Å²) in [5, 5.41) is 20.1. The zero-order chi connectivity index (χ0) is 19.7. The van der Waals surface area contributed by atoms with E-state index in [1.165, 1.54) is 12.1 Å². The van der Waals surface area contributed by atoms with Gasteiger partial charge in [-0.05, 0) is 41.8 Å². The molecule has 0 bridgehead atoms. The maximum absolute atomic E-state index is 9.64. The van der Waals surface area contributed by atoms with Crippen LogP contribution in [0.3, 0.4) is 0 Å². The van der Waals surface area contributed by atoms with Crippen LogP contribution in [0.2, 0.25) is 25.1 Å². The highest BCUT2D eigenvalue weighted by Crippen LogP contribution is 2.39. The molecule has 0 aliphatic heterocycles. The molecular weight excluding hydrogens is 453 g/mol. The van der Waals surface area contributed by atoms with Crippen molar-refractivity contribution in [3.63, 3.8) is 0 Å². The van der Waals surface area contributed by atoms with Crippen LogP contribution in [0.1, 0.15) is 11.1 Å². The molecule has 0 radical (unpaired) electrons. The molecule has 0 fully saturated rings. The van der Waals surface area contributed by atoms with E-state index in [0.29, 0.717) is 22.9 Å². The number of hydrogen-bond acceptors (Lipinski definition) is 3. The molecule has 0 saturated heterocycles. The zero-order valence-corrected chi connectivity index (χ0v) is 17.2. The summed E-state index contributed by atoms with van der Waals surface area (Å²) < 4.78 is 5.70. The topological polar surface area (TPSA) is 49.7 Å². The van der Waals surface area contributed by atoms with Crippen LogP contribution >= 0.6 is 58.0 Å². The third-order valence-electron chi connectivity index (χ3n) is 3.70. The van der Waals surface area contributed by atoms with E-state index in [2.05, 4.69) is 0 Å². The molecule has 0 amide bonds. The molecule has 3 aromatic carbocycles. The van der Waals surface area contributed by atoms with Gasteiger partial charge in [-0.2, -0.15) is 0 Å². The predicted octanol–water partition coefficient (Wildman–Crippen LogP) is 7.75. The van der Waals surface area contributed by atoms with E-state index in [0.717, 1.165) is 11.1 Å². The summed E-state index contributed by atoms with van der Waals surface area (Å²) in [6.45, 7) is 0. The molecule has 0 aliphatic carbocycles. The molecule has 0 saturated carbocycles. The second-order valence-electron chi connectivity index (χ2n) is 5.69. The number of phenols is 2. The van der Waals surface area contributed by atoms with Crippen molar-refractivity contribution < 1.29 is 14.9 Å². The normalized spacial score (nSPS) is 10.9. The van der Waals surface area contributed by atoms with E-state index in [1.54, 1.807) is 24.3 Å². The fraction of sp³-hybridized carbons (Fsp3) is 0.0526. The van der Waals surface area contributed by atoms with E-state index >= 15 is 0 Å². The van der Waals surface area contributed by atoms with Gasteiger partial charge in [-0.1, -0.05) is 64.1 Å². The van der Waals surface area contributed by atoms with E-state index in [1.807, 2.05) is 6.07 Å². The van der Waals surface area contributed by atoms with E-state index in [9.17, 15) is 10.2 Å². The van der Waals surface area contributed by atoms with Gasteiger partial charge in [-0.15, -0.1) is 0 Å².